The normalized spacial score (nSPS) is 11.1. The van der Waals surface area contributed by atoms with Crippen LogP contribution in [0.1, 0.15) is 29.5 Å². The Morgan fingerprint density at radius 2 is 1.88 bits per heavy atom. The van der Waals surface area contributed by atoms with E-state index in [-0.39, 0.29) is 0 Å². The zero-order valence-corrected chi connectivity index (χ0v) is 11.7. The number of rotatable bonds is 7. The average molecular weight is 234 g/mol. The van der Waals surface area contributed by atoms with E-state index in [0.29, 0.717) is 0 Å². The fourth-order valence-electron chi connectivity index (χ4n) is 1.95. The predicted octanol–water partition coefficient (Wildman–Crippen LogP) is 2.73. The van der Waals surface area contributed by atoms with Crippen LogP contribution in [-0.2, 0) is 6.54 Å². The molecule has 1 aromatic carbocycles. The smallest absolute Gasteiger partial charge is 0.0208 e. The minimum atomic E-state index is 0.994. The molecule has 17 heavy (non-hydrogen) atoms. The van der Waals surface area contributed by atoms with E-state index in [9.17, 15) is 0 Å². The minimum absolute atomic E-state index is 0.994. The topological polar surface area (TPSA) is 15.3 Å². The molecule has 0 unspecified atom stereocenters. The van der Waals surface area contributed by atoms with Crippen molar-refractivity contribution in [1.82, 2.24) is 10.2 Å². The summed E-state index contributed by atoms with van der Waals surface area (Å²) < 4.78 is 0. The first-order chi connectivity index (χ1) is 8.09. The van der Waals surface area contributed by atoms with Gasteiger partial charge in [0, 0.05) is 6.54 Å². The summed E-state index contributed by atoms with van der Waals surface area (Å²) in [6.45, 7) is 7.63. The highest BCUT2D eigenvalue weighted by Crippen LogP contribution is 2.09. The van der Waals surface area contributed by atoms with Crippen LogP contribution in [0.3, 0.4) is 0 Å². The van der Waals surface area contributed by atoms with E-state index < -0.39 is 0 Å². The maximum atomic E-state index is 3.52. The third kappa shape index (κ3) is 5.85. The van der Waals surface area contributed by atoms with Gasteiger partial charge in [0.2, 0.25) is 0 Å². The first-order valence-electron chi connectivity index (χ1n) is 6.51. The Balaban J connectivity index is 2.18. The van der Waals surface area contributed by atoms with Gasteiger partial charge in [0.15, 0.2) is 0 Å². The van der Waals surface area contributed by atoms with Gasteiger partial charge in [-0.15, -0.1) is 0 Å². The highest BCUT2D eigenvalue weighted by Gasteiger charge is 1.98. The summed E-state index contributed by atoms with van der Waals surface area (Å²) in [5.74, 6) is 0. The van der Waals surface area contributed by atoms with Gasteiger partial charge in [-0.05, 0) is 65.0 Å². The highest BCUT2D eigenvalue weighted by molar-refractivity contribution is 5.30. The summed E-state index contributed by atoms with van der Waals surface area (Å²) in [5.41, 5.74) is 4.16. The molecule has 1 N–H and O–H groups in total. The Hall–Kier alpha value is -0.860. The lowest BCUT2D eigenvalue weighted by Crippen LogP contribution is -2.18. The van der Waals surface area contributed by atoms with Crippen LogP contribution in [0.5, 0.6) is 0 Å². The van der Waals surface area contributed by atoms with E-state index in [1.165, 1.54) is 36.1 Å². The number of aryl methyl sites for hydroxylation is 2. The molecular formula is C15H26N2. The van der Waals surface area contributed by atoms with Gasteiger partial charge in [0.1, 0.15) is 0 Å². The van der Waals surface area contributed by atoms with Crippen molar-refractivity contribution in [3.05, 3.63) is 34.9 Å². The molecule has 2 nitrogen and oxygen atoms in total. The van der Waals surface area contributed by atoms with E-state index in [0.717, 1.165) is 13.1 Å². The maximum absolute atomic E-state index is 3.52. The summed E-state index contributed by atoms with van der Waals surface area (Å²) in [6.07, 6.45) is 2.52. The fraction of sp³-hybridized carbons (Fsp3) is 0.600. The molecule has 0 aliphatic rings. The van der Waals surface area contributed by atoms with Crippen LogP contribution in [0.2, 0.25) is 0 Å². The van der Waals surface area contributed by atoms with E-state index in [1.54, 1.807) is 0 Å². The van der Waals surface area contributed by atoms with Crippen molar-refractivity contribution in [1.29, 1.82) is 0 Å². The molecule has 0 spiro atoms. The molecule has 0 aliphatic carbocycles. The van der Waals surface area contributed by atoms with Gasteiger partial charge >= 0.3 is 0 Å². The van der Waals surface area contributed by atoms with E-state index in [4.69, 9.17) is 0 Å². The van der Waals surface area contributed by atoms with Crippen molar-refractivity contribution in [2.45, 2.75) is 33.2 Å². The molecule has 2 heteroatoms. The predicted molar refractivity (Wildman–Crippen MR) is 75.4 cm³/mol. The molecule has 0 bridgehead atoms. The van der Waals surface area contributed by atoms with E-state index in [1.807, 2.05) is 0 Å². The lowest BCUT2D eigenvalue weighted by atomic mass is 10.1. The monoisotopic (exact) mass is 234 g/mol. The van der Waals surface area contributed by atoms with Crippen molar-refractivity contribution in [3.8, 4) is 0 Å². The molecule has 0 radical (unpaired) electrons. The molecule has 0 amide bonds. The number of nitrogens with zero attached hydrogens (tertiary/aromatic N) is 1. The summed E-state index contributed by atoms with van der Waals surface area (Å²) in [7, 11) is 4.26. The van der Waals surface area contributed by atoms with Crippen molar-refractivity contribution < 1.29 is 0 Å². The van der Waals surface area contributed by atoms with Crippen LogP contribution >= 0.6 is 0 Å². The molecule has 0 atom stereocenters. The third-order valence-electron chi connectivity index (χ3n) is 3.02. The van der Waals surface area contributed by atoms with Crippen LogP contribution in [0.4, 0.5) is 0 Å². The molecule has 1 rings (SSSR count). The van der Waals surface area contributed by atoms with E-state index >= 15 is 0 Å². The van der Waals surface area contributed by atoms with E-state index in [2.05, 4.69) is 56.4 Å². The zero-order chi connectivity index (χ0) is 12.7. The van der Waals surface area contributed by atoms with Crippen LogP contribution < -0.4 is 5.32 Å². The Kier molecular flexibility index (Phi) is 6.23. The molecule has 0 saturated heterocycles. The summed E-state index contributed by atoms with van der Waals surface area (Å²) in [4.78, 5) is 2.24. The Labute approximate surface area is 106 Å². The van der Waals surface area contributed by atoms with Crippen LogP contribution in [0.15, 0.2) is 18.2 Å². The molecule has 0 aromatic heterocycles. The zero-order valence-electron chi connectivity index (χ0n) is 11.7. The third-order valence-corrected chi connectivity index (χ3v) is 3.02. The van der Waals surface area contributed by atoms with Gasteiger partial charge in [0.25, 0.3) is 0 Å². The second-order valence-corrected chi connectivity index (χ2v) is 5.12. The standard InChI is InChI=1S/C15H26N2/c1-13-7-8-15(14(2)11-13)12-16-9-5-6-10-17(3)4/h7-8,11,16H,5-6,9-10,12H2,1-4H3. The fourth-order valence-corrected chi connectivity index (χ4v) is 1.95. The van der Waals surface area contributed by atoms with Crippen molar-refractivity contribution >= 4 is 0 Å². The quantitative estimate of drug-likeness (QED) is 0.730. The van der Waals surface area contributed by atoms with Crippen LogP contribution in [-0.4, -0.2) is 32.1 Å². The largest absolute Gasteiger partial charge is 0.313 e. The summed E-state index contributed by atoms with van der Waals surface area (Å²) in [5, 5.41) is 3.52. The molecule has 1 aromatic rings. The first kappa shape index (κ1) is 14.2. The maximum Gasteiger partial charge on any atom is 0.0208 e. The average Bonchev–Trinajstić information content (AvgIpc) is 2.25. The van der Waals surface area contributed by atoms with Gasteiger partial charge in [-0.1, -0.05) is 23.8 Å². The molecule has 0 saturated carbocycles. The van der Waals surface area contributed by atoms with Gasteiger partial charge in [-0.2, -0.15) is 0 Å². The van der Waals surface area contributed by atoms with Crippen molar-refractivity contribution in [2.24, 2.45) is 0 Å². The Bertz CT molecular complexity index is 332. The second-order valence-electron chi connectivity index (χ2n) is 5.12. The molecular weight excluding hydrogens is 208 g/mol. The molecule has 0 aliphatic heterocycles. The summed E-state index contributed by atoms with van der Waals surface area (Å²) in [6, 6.07) is 6.68. The van der Waals surface area contributed by atoms with Gasteiger partial charge in [-0.25, -0.2) is 0 Å². The number of nitrogens with one attached hydrogen (secondary N) is 1. The van der Waals surface area contributed by atoms with Crippen LogP contribution in [0, 0.1) is 13.8 Å². The Morgan fingerprint density at radius 1 is 1.12 bits per heavy atom. The number of unbranched alkanes of at least 4 members (excludes halogenated alkanes) is 1. The molecule has 0 heterocycles. The molecule has 0 fully saturated rings. The summed E-state index contributed by atoms with van der Waals surface area (Å²) >= 11 is 0. The minimum Gasteiger partial charge on any atom is -0.313 e. The number of benzene rings is 1. The van der Waals surface area contributed by atoms with Gasteiger partial charge in [0.05, 0.1) is 0 Å². The lowest BCUT2D eigenvalue weighted by Gasteiger charge is -2.10. The van der Waals surface area contributed by atoms with Gasteiger partial charge in [-0.3, -0.25) is 0 Å². The number of hydrogen-bond donors (Lipinski definition) is 1. The molecule has 96 valence electrons. The van der Waals surface area contributed by atoms with Crippen LogP contribution in [0.25, 0.3) is 0 Å². The first-order valence-corrected chi connectivity index (χ1v) is 6.51. The van der Waals surface area contributed by atoms with Crippen molar-refractivity contribution in [2.75, 3.05) is 27.2 Å². The second kappa shape index (κ2) is 7.46. The van der Waals surface area contributed by atoms with Crippen molar-refractivity contribution in [3.63, 3.8) is 0 Å². The SMILES string of the molecule is Cc1ccc(CNCCCCN(C)C)c(C)c1. The lowest BCUT2D eigenvalue weighted by molar-refractivity contribution is 0.391. The highest BCUT2D eigenvalue weighted by atomic mass is 15.0. The Morgan fingerprint density at radius 3 is 2.53 bits per heavy atom. The van der Waals surface area contributed by atoms with Gasteiger partial charge < -0.3 is 10.2 Å². The number of hydrogen-bond acceptors (Lipinski definition) is 2.